The van der Waals surface area contributed by atoms with Crippen LogP contribution in [0.4, 0.5) is 0 Å². The molecule has 1 aromatic heterocycles. The lowest BCUT2D eigenvalue weighted by Crippen LogP contribution is -2.23. The lowest BCUT2D eigenvalue weighted by molar-refractivity contribution is 0.702. The van der Waals surface area contributed by atoms with E-state index in [4.69, 9.17) is 9.98 Å². The molecule has 0 saturated heterocycles. The van der Waals surface area contributed by atoms with E-state index in [2.05, 4.69) is 176 Å². The minimum atomic E-state index is -0.286. The fourth-order valence-electron chi connectivity index (χ4n) is 8.50. The largest absolute Gasteiger partial charge is 0.254 e. The summed E-state index contributed by atoms with van der Waals surface area (Å²) in [6.45, 7) is 0. The first-order valence-corrected chi connectivity index (χ1v) is 18.8. The van der Waals surface area contributed by atoms with Crippen molar-refractivity contribution < 1.29 is 0 Å². The molecule has 1 fully saturated rings. The maximum absolute atomic E-state index is 5.56. The molecule has 2 nitrogen and oxygen atoms in total. The third kappa shape index (κ3) is 4.56. The summed E-state index contributed by atoms with van der Waals surface area (Å²) in [4.78, 5) is 11.0. The first-order valence-electron chi connectivity index (χ1n) is 18.0. The molecule has 2 atom stereocenters. The van der Waals surface area contributed by atoms with Gasteiger partial charge in [0.05, 0.1) is 11.3 Å². The zero-order valence-electron chi connectivity index (χ0n) is 28.3. The van der Waals surface area contributed by atoms with Crippen molar-refractivity contribution in [2.24, 2.45) is 15.9 Å². The lowest BCUT2D eigenvalue weighted by atomic mass is 9.94. The molecule has 8 aromatic carbocycles. The Morgan fingerprint density at radius 1 is 0.500 bits per heavy atom. The molecule has 1 saturated carbocycles. The van der Waals surface area contributed by atoms with Crippen LogP contribution >= 0.6 is 11.3 Å². The maximum atomic E-state index is 5.56. The van der Waals surface area contributed by atoms with Gasteiger partial charge in [-0.25, -0.2) is 4.99 Å². The van der Waals surface area contributed by atoms with E-state index in [1.165, 1.54) is 75.1 Å². The monoisotopic (exact) mass is 680 g/mol. The van der Waals surface area contributed by atoms with Gasteiger partial charge in [0.1, 0.15) is 0 Å². The van der Waals surface area contributed by atoms with Crippen LogP contribution in [0, 0.1) is 5.92 Å². The van der Waals surface area contributed by atoms with E-state index < -0.39 is 0 Å². The standard InChI is InChI=1S/C49H32N2S/c1-3-13-34(14-4-1)46-43-30-49(43,37-16-5-2-6-17-37)51-48(50-46)42-29-44-45(40-19-10-9-18-39(40)42)41-21-11-20-38(47(41)52-44)33-25-22-32(23-26-33)36-27-24-31-12-7-8-15-35(31)28-36/h1-29,43H,30H2. The zero-order valence-corrected chi connectivity index (χ0v) is 29.1. The third-order valence-corrected chi connectivity index (χ3v) is 12.3. The molecule has 244 valence electrons. The van der Waals surface area contributed by atoms with Gasteiger partial charge >= 0.3 is 0 Å². The topological polar surface area (TPSA) is 24.7 Å². The summed E-state index contributed by atoms with van der Waals surface area (Å²) < 4.78 is 2.56. The van der Waals surface area contributed by atoms with E-state index >= 15 is 0 Å². The van der Waals surface area contributed by atoms with Gasteiger partial charge in [-0.1, -0.05) is 164 Å². The van der Waals surface area contributed by atoms with Crippen molar-refractivity contribution in [1.29, 1.82) is 0 Å². The maximum Gasteiger partial charge on any atom is 0.156 e. The second-order valence-electron chi connectivity index (χ2n) is 14.1. The van der Waals surface area contributed by atoms with Gasteiger partial charge in [-0.15, -0.1) is 11.3 Å². The SMILES string of the molecule is c1ccc(C2=NC(c3cc4sc5c(-c6ccc(-c7ccc8ccccc8c7)cc6)cccc5c4c4ccccc34)=NC3(c4ccccc4)CC23)cc1. The number of nitrogens with zero attached hydrogens (tertiary/aromatic N) is 2. The zero-order chi connectivity index (χ0) is 34.2. The van der Waals surface area contributed by atoms with E-state index in [1.807, 2.05) is 11.3 Å². The summed E-state index contributed by atoms with van der Waals surface area (Å²) in [5.74, 6) is 1.10. The summed E-state index contributed by atoms with van der Waals surface area (Å²) in [6.07, 6.45) is 0.973. The van der Waals surface area contributed by atoms with Crippen molar-refractivity contribution in [3.05, 3.63) is 193 Å². The fourth-order valence-corrected chi connectivity index (χ4v) is 9.79. The van der Waals surface area contributed by atoms with Gasteiger partial charge in [0.2, 0.25) is 0 Å². The van der Waals surface area contributed by atoms with E-state index in [-0.39, 0.29) is 11.5 Å². The van der Waals surface area contributed by atoms with Gasteiger partial charge in [-0.3, -0.25) is 4.99 Å². The van der Waals surface area contributed by atoms with Crippen molar-refractivity contribution >= 4 is 64.6 Å². The fraction of sp³-hybridized carbons (Fsp3) is 0.0612. The smallest absolute Gasteiger partial charge is 0.156 e. The van der Waals surface area contributed by atoms with Crippen LogP contribution in [0.5, 0.6) is 0 Å². The van der Waals surface area contributed by atoms with E-state index in [0.29, 0.717) is 0 Å². The molecule has 0 N–H and O–H groups in total. The Bertz CT molecular complexity index is 2920. The third-order valence-electron chi connectivity index (χ3n) is 11.2. The van der Waals surface area contributed by atoms with Crippen molar-refractivity contribution in [3.8, 4) is 22.3 Å². The average Bonchev–Trinajstić information content (AvgIpc) is 3.85. The number of hydrogen-bond donors (Lipinski definition) is 0. The van der Waals surface area contributed by atoms with Crippen LogP contribution in [0.3, 0.4) is 0 Å². The summed E-state index contributed by atoms with van der Waals surface area (Å²) in [6, 6.07) is 63.8. The highest BCUT2D eigenvalue weighted by Gasteiger charge is 2.60. The molecule has 3 heteroatoms. The van der Waals surface area contributed by atoms with Crippen LogP contribution < -0.4 is 0 Å². The van der Waals surface area contributed by atoms with E-state index in [1.54, 1.807) is 0 Å². The minimum Gasteiger partial charge on any atom is -0.254 e. The van der Waals surface area contributed by atoms with E-state index in [0.717, 1.165) is 23.5 Å². The van der Waals surface area contributed by atoms with Crippen LogP contribution in [-0.2, 0) is 5.54 Å². The van der Waals surface area contributed by atoms with Gasteiger partial charge in [0.15, 0.2) is 5.84 Å². The molecular formula is C49H32N2S. The first kappa shape index (κ1) is 29.6. The molecule has 1 aliphatic heterocycles. The van der Waals surface area contributed by atoms with Crippen LogP contribution in [0.25, 0.3) is 64.0 Å². The van der Waals surface area contributed by atoms with Crippen molar-refractivity contribution in [3.63, 3.8) is 0 Å². The molecule has 9 aromatic rings. The Hall–Kier alpha value is -6.16. The Kier molecular flexibility index (Phi) is 6.50. The Labute approximate surface area is 306 Å². The van der Waals surface area contributed by atoms with Crippen LogP contribution in [0.1, 0.15) is 23.1 Å². The molecule has 11 rings (SSSR count). The van der Waals surface area contributed by atoms with Gasteiger partial charge in [-0.05, 0) is 73.5 Å². The molecule has 2 unspecified atom stereocenters. The minimum absolute atomic E-state index is 0.274. The number of aliphatic imine (C=N–C) groups is 2. The van der Waals surface area contributed by atoms with Crippen LogP contribution in [0.2, 0.25) is 0 Å². The second kappa shape index (κ2) is 11.4. The first-order chi connectivity index (χ1) is 25.7. The highest BCUT2D eigenvalue weighted by atomic mass is 32.1. The normalized spacial score (nSPS) is 18.0. The number of thiophene rings is 1. The molecule has 1 aliphatic carbocycles. The van der Waals surface area contributed by atoms with Gasteiger partial charge < -0.3 is 0 Å². The Morgan fingerprint density at radius 2 is 1.17 bits per heavy atom. The molecule has 0 spiro atoms. The summed E-state index contributed by atoms with van der Waals surface area (Å²) >= 11 is 1.88. The lowest BCUT2D eigenvalue weighted by Gasteiger charge is -2.22. The number of hydrogen-bond acceptors (Lipinski definition) is 3. The molecule has 52 heavy (non-hydrogen) atoms. The average molecular weight is 681 g/mol. The highest BCUT2D eigenvalue weighted by molar-refractivity contribution is 7.26. The number of fused-ring (bicyclic) bond motifs is 7. The highest BCUT2D eigenvalue weighted by Crippen LogP contribution is 2.59. The molecule has 2 aliphatic rings. The summed E-state index contributed by atoms with van der Waals surface area (Å²) in [7, 11) is 0. The summed E-state index contributed by atoms with van der Waals surface area (Å²) in [5, 5.41) is 7.56. The van der Waals surface area contributed by atoms with E-state index in [9.17, 15) is 0 Å². The molecular weight excluding hydrogens is 649 g/mol. The number of rotatable bonds is 5. The predicted octanol–water partition coefficient (Wildman–Crippen LogP) is 12.9. The second-order valence-corrected chi connectivity index (χ2v) is 15.2. The van der Waals surface area contributed by atoms with Crippen LogP contribution in [-0.4, -0.2) is 11.5 Å². The van der Waals surface area contributed by atoms with Crippen molar-refractivity contribution in [1.82, 2.24) is 0 Å². The van der Waals surface area contributed by atoms with Gasteiger partial charge in [0.25, 0.3) is 0 Å². The van der Waals surface area contributed by atoms with Gasteiger partial charge in [0, 0.05) is 31.7 Å². The van der Waals surface area contributed by atoms with Crippen molar-refractivity contribution in [2.45, 2.75) is 12.0 Å². The molecule has 0 amide bonds. The quantitative estimate of drug-likeness (QED) is 0.173. The Morgan fingerprint density at radius 3 is 2.00 bits per heavy atom. The van der Waals surface area contributed by atoms with Crippen molar-refractivity contribution in [2.75, 3.05) is 0 Å². The number of benzene rings is 8. The Balaban J connectivity index is 1.07. The predicted molar refractivity (Wildman–Crippen MR) is 221 cm³/mol. The number of amidine groups is 1. The molecule has 0 radical (unpaired) electrons. The molecule has 2 heterocycles. The molecule has 0 bridgehead atoms. The summed E-state index contributed by atoms with van der Waals surface area (Å²) in [5.41, 5.74) is 9.36. The van der Waals surface area contributed by atoms with Crippen LogP contribution in [0.15, 0.2) is 186 Å². The van der Waals surface area contributed by atoms with Gasteiger partial charge in [-0.2, -0.15) is 0 Å².